The largest absolute Gasteiger partial charge is 0.481 e. The van der Waals surface area contributed by atoms with Gasteiger partial charge in [-0.1, -0.05) is 0 Å². The summed E-state index contributed by atoms with van der Waals surface area (Å²) < 4.78 is 37.1. The quantitative estimate of drug-likeness (QED) is 0.805. The Bertz CT molecular complexity index is 615. The zero-order valence-electron chi connectivity index (χ0n) is 12.2. The number of sulfone groups is 1. The Morgan fingerprint density at radius 2 is 2.00 bits per heavy atom. The summed E-state index contributed by atoms with van der Waals surface area (Å²) >= 11 is 0. The summed E-state index contributed by atoms with van der Waals surface area (Å²) in [6.45, 7) is 1.84. The first kappa shape index (κ1) is 16.9. The average Bonchev–Trinajstić information content (AvgIpc) is 2.48. The van der Waals surface area contributed by atoms with Gasteiger partial charge in [-0.15, -0.1) is 0 Å². The van der Waals surface area contributed by atoms with Crippen molar-refractivity contribution in [2.75, 3.05) is 25.4 Å². The van der Waals surface area contributed by atoms with Crippen LogP contribution >= 0.6 is 0 Å². The first-order chi connectivity index (χ1) is 10.4. The van der Waals surface area contributed by atoms with Crippen molar-refractivity contribution in [2.24, 2.45) is 5.92 Å². The molecule has 22 heavy (non-hydrogen) atoms. The van der Waals surface area contributed by atoms with Crippen LogP contribution in [0.2, 0.25) is 0 Å². The van der Waals surface area contributed by atoms with E-state index < -0.39 is 21.6 Å². The Balaban J connectivity index is 1.85. The molecule has 1 unspecified atom stereocenters. The van der Waals surface area contributed by atoms with E-state index in [1.54, 1.807) is 0 Å². The molecular weight excluding hydrogens is 309 g/mol. The summed E-state index contributed by atoms with van der Waals surface area (Å²) in [5.74, 6) is -1.63. The van der Waals surface area contributed by atoms with Crippen LogP contribution in [-0.4, -0.2) is 49.8 Å². The third-order valence-electron chi connectivity index (χ3n) is 3.91. The monoisotopic (exact) mass is 329 g/mol. The zero-order valence-corrected chi connectivity index (χ0v) is 13.1. The second kappa shape index (κ2) is 7.19. The van der Waals surface area contributed by atoms with Crippen LogP contribution in [0.25, 0.3) is 0 Å². The number of carbonyl (C=O) groups is 1. The molecule has 1 heterocycles. The topological polar surface area (TPSA) is 74.7 Å². The van der Waals surface area contributed by atoms with E-state index in [2.05, 4.69) is 0 Å². The predicted octanol–water partition coefficient (Wildman–Crippen LogP) is 1.79. The standard InChI is InChI=1S/C15H20FNO4S/c16-13-4-6-14(7-5-13)22(20,21)10-2-9-17-8-1-3-12(11-17)15(18)19/h4-7,12H,1-3,8-11H2,(H,18,19). The lowest BCUT2D eigenvalue weighted by Gasteiger charge is -2.30. The highest BCUT2D eigenvalue weighted by Crippen LogP contribution is 2.18. The molecule has 0 radical (unpaired) electrons. The normalized spacial score (nSPS) is 20.0. The minimum Gasteiger partial charge on any atom is -0.481 e. The molecule has 0 aromatic heterocycles. The SMILES string of the molecule is O=C(O)C1CCCN(CCCS(=O)(=O)c2ccc(F)cc2)C1. The molecule has 1 aromatic rings. The van der Waals surface area contributed by atoms with Gasteiger partial charge in [0.25, 0.3) is 0 Å². The smallest absolute Gasteiger partial charge is 0.307 e. The Morgan fingerprint density at radius 3 is 2.64 bits per heavy atom. The average molecular weight is 329 g/mol. The van der Waals surface area contributed by atoms with Gasteiger partial charge < -0.3 is 10.0 Å². The maximum atomic E-state index is 12.8. The van der Waals surface area contributed by atoms with E-state index in [0.717, 1.165) is 25.1 Å². The van der Waals surface area contributed by atoms with Crippen molar-refractivity contribution >= 4 is 15.8 Å². The Labute approximate surface area is 129 Å². The molecule has 0 saturated carbocycles. The molecule has 1 atom stereocenters. The number of rotatable bonds is 6. The molecular formula is C15H20FNO4S. The highest BCUT2D eigenvalue weighted by atomic mass is 32.2. The van der Waals surface area contributed by atoms with Gasteiger partial charge in [0.2, 0.25) is 0 Å². The molecule has 0 spiro atoms. The number of likely N-dealkylation sites (tertiary alicyclic amines) is 1. The molecule has 2 rings (SSSR count). The lowest BCUT2D eigenvalue weighted by atomic mass is 9.98. The molecule has 1 aliphatic heterocycles. The van der Waals surface area contributed by atoms with Crippen molar-refractivity contribution in [3.63, 3.8) is 0 Å². The molecule has 1 aromatic carbocycles. The molecule has 1 aliphatic rings. The Kier molecular flexibility index (Phi) is 5.52. The third kappa shape index (κ3) is 4.51. The lowest BCUT2D eigenvalue weighted by molar-refractivity contribution is -0.143. The fourth-order valence-electron chi connectivity index (χ4n) is 2.70. The van der Waals surface area contributed by atoms with Crippen LogP contribution in [-0.2, 0) is 14.6 Å². The number of nitrogens with zero attached hydrogens (tertiary/aromatic N) is 1. The number of hydrogen-bond acceptors (Lipinski definition) is 4. The van der Waals surface area contributed by atoms with Gasteiger partial charge in [0.05, 0.1) is 16.6 Å². The summed E-state index contributed by atoms with van der Waals surface area (Å²) in [5, 5.41) is 9.03. The third-order valence-corrected chi connectivity index (χ3v) is 5.73. The van der Waals surface area contributed by atoms with Crippen LogP contribution < -0.4 is 0 Å². The van der Waals surface area contributed by atoms with E-state index in [-0.39, 0.29) is 16.6 Å². The molecule has 5 nitrogen and oxygen atoms in total. The van der Waals surface area contributed by atoms with Crippen LogP contribution in [0.15, 0.2) is 29.2 Å². The molecule has 1 saturated heterocycles. The van der Waals surface area contributed by atoms with Crippen molar-refractivity contribution in [1.82, 2.24) is 4.90 Å². The summed E-state index contributed by atoms with van der Waals surface area (Å²) in [6.07, 6.45) is 1.94. The maximum Gasteiger partial charge on any atom is 0.307 e. The fourth-order valence-corrected chi connectivity index (χ4v) is 3.99. The van der Waals surface area contributed by atoms with Gasteiger partial charge >= 0.3 is 5.97 Å². The van der Waals surface area contributed by atoms with Crippen LogP contribution in [0.5, 0.6) is 0 Å². The lowest BCUT2D eigenvalue weighted by Crippen LogP contribution is -2.39. The van der Waals surface area contributed by atoms with E-state index >= 15 is 0 Å². The summed E-state index contributed by atoms with van der Waals surface area (Å²) in [5.41, 5.74) is 0. The second-order valence-corrected chi connectivity index (χ2v) is 7.71. The molecule has 1 N–H and O–H groups in total. The highest BCUT2D eigenvalue weighted by molar-refractivity contribution is 7.91. The van der Waals surface area contributed by atoms with E-state index in [1.165, 1.54) is 12.1 Å². The van der Waals surface area contributed by atoms with Crippen molar-refractivity contribution in [3.05, 3.63) is 30.1 Å². The number of aliphatic carboxylic acids is 1. The molecule has 7 heteroatoms. The Morgan fingerprint density at radius 1 is 1.32 bits per heavy atom. The molecule has 122 valence electrons. The summed E-state index contributed by atoms with van der Waals surface area (Å²) in [7, 11) is -3.42. The minimum atomic E-state index is -3.42. The van der Waals surface area contributed by atoms with Gasteiger partial charge in [-0.2, -0.15) is 0 Å². The number of halogens is 1. The van der Waals surface area contributed by atoms with Gasteiger partial charge in [0.1, 0.15) is 5.82 Å². The Hall–Kier alpha value is -1.47. The van der Waals surface area contributed by atoms with Gasteiger partial charge in [-0.05, 0) is 56.6 Å². The van der Waals surface area contributed by atoms with E-state index in [0.29, 0.717) is 25.9 Å². The zero-order chi connectivity index (χ0) is 16.2. The van der Waals surface area contributed by atoms with Crippen molar-refractivity contribution < 1.29 is 22.7 Å². The number of carboxylic acid groups (broad SMARTS) is 1. The second-order valence-electron chi connectivity index (χ2n) is 5.60. The van der Waals surface area contributed by atoms with Crippen molar-refractivity contribution in [2.45, 2.75) is 24.2 Å². The van der Waals surface area contributed by atoms with Crippen LogP contribution in [0, 0.1) is 11.7 Å². The van der Waals surface area contributed by atoms with Crippen molar-refractivity contribution in [3.8, 4) is 0 Å². The van der Waals surface area contributed by atoms with E-state index in [1.807, 2.05) is 4.90 Å². The minimum absolute atomic E-state index is 0.0210. The van der Waals surface area contributed by atoms with Gasteiger partial charge in [0, 0.05) is 6.54 Å². The summed E-state index contributed by atoms with van der Waals surface area (Å²) in [6, 6.07) is 4.81. The van der Waals surface area contributed by atoms with E-state index in [4.69, 9.17) is 5.11 Å². The van der Waals surface area contributed by atoms with Gasteiger partial charge in [0.15, 0.2) is 9.84 Å². The first-order valence-corrected chi connectivity index (χ1v) is 8.97. The molecule has 0 amide bonds. The van der Waals surface area contributed by atoms with E-state index in [9.17, 15) is 17.6 Å². The van der Waals surface area contributed by atoms with Crippen LogP contribution in [0.3, 0.4) is 0 Å². The van der Waals surface area contributed by atoms with Crippen LogP contribution in [0.4, 0.5) is 4.39 Å². The number of piperidine rings is 1. The summed E-state index contributed by atoms with van der Waals surface area (Å²) in [4.78, 5) is 13.1. The maximum absolute atomic E-state index is 12.8. The predicted molar refractivity (Wildman–Crippen MR) is 79.9 cm³/mol. The van der Waals surface area contributed by atoms with Gasteiger partial charge in [-0.3, -0.25) is 4.79 Å². The molecule has 0 bridgehead atoms. The van der Waals surface area contributed by atoms with Gasteiger partial charge in [-0.25, -0.2) is 12.8 Å². The first-order valence-electron chi connectivity index (χ1n) is 7.32. The number of carboxylic acids is 1. The number of hydrogen-bond donors (Lipinski definition) is 1. The van der Waals surface area contributed by atoms with Crippen LogP contribution in [0.1, 0.15) is 19.3 Å². The highest BCUT2D eigenvalue weighted by Gasteiger charge is 2.25. The molecule has 0 aliphatic carbocycles. The fraction of sp³-hybridized carbons (Fsp3) is 0.533. The number of benzene rings is 1. The molecule has 1 fully saturated rings. The van der Waals surface area contributed by atoms with Crippen molar-refractivity contribution in [1.29, 1.82) is 0 Å².